The molecule has 4 nitrogen and oxygen atoms in total. The van der Waals surface area contributed by atoms with Crippen LogP contribution in [0.5, 0.6) is 0 Å². The summed E-state index contributed by atoms with van der Waals surface area (Å²) in [7, 11) is 1.70. The molecule has 0 spiro atoms. The second-order valence-electron chi connectivity index (χ2n) is 3.87. The van der Waals surface area contributed by atoms with E-state index >= 15 is 0 Å². The largest absolute Gasteiger partial charge is 0.341 e. The van der Waals surface area contributed by atoms with Crippen molar-refractivity contribution in [1.82, 2.24) is 4.90 Å². The van der Waals surface area contributed by atoms with Crippen molar-refractivity contribution in [1.29, 1.82) is 5.26 Å². The van der Waals surface area contributed by atoms with E-state index in [2.05, 4.69) is 0 Å². The molecular formula is C13H17N3O. The maximum absolute atomic E-state index is 11.9. The van der Waals surface area contributed by atoms with Gasteiger partial charge in [0.1, 0.15) is 0 Å². The van der Waals surface area contributed by atoms with Crippen molar-refractivity contribution in [2.75, 3.05) is 20.1 Å². The predicted octanol–water partition coefficient (Wildman–Crippen LogP) is 1.17. The summed E-state index contributed by atoms with van der Waals surface area (Å²) in [4.78, 5) is 13.5. The molecule has 0 aromatic heterocycles. The number of carbonyl (C=O) groups is 1. The summed E-state index contributed by atoms with van der Waals surface area (Å²) in [6, 6.07) is 9.46. The van der Waals surface area contributed by atoms with Gasteiger partial charge in [0.15, 0.2) is 0 Å². The van der Waals surface area contributed by atoms with Gasteiger partial charge in [0.25, 0.3) is 5.91 Å². The van der Waals surface area contributed by atoms with Gasteiger partial charge in [-0.25, -0.2) is 0 Å². The third-order valence-corrected chi connectivity index (χ3v) is 2.54. The topological polar surface area (TPSA) is 70.1 Å². The van der Waals surface area contributed by atoms with Crippen molar-refractivity contribution in [2.24, 2.45) is 5.73 Å². The van der Waals surface area contributed by atoms with Crippen molar-refractivity contribution in [3.05, 3.63) is 35.4 Å². The lowest BCUT2D eigenvalue weighted by atomic mass is 10.1. The van der Waals surface area contributed by atoms with Gasteiger partial charge in [0, 0.05) is 19.2 Å². The van der Waals surface area contributed by atoms with Crippen molar-refractivity contribution in [2.45, 2.75) is 12.8 Å². The lowest BCUT2D eigenvalue weighted by Gasteiger charge is -2.15. The molecule has 0 atom stereocenters. The second-order valence-corrected chi connectivity index (χ2v) is 3.87. The van der Waals surface area contributed by atoms with Crippen LogP contribution in [-0.2, 0) is 6.42 Å². The van der Waals surface area contributed by atoms with Crippen molar-refractivity contribution >= 4 is 5.91 Å². The molecule has 0 saturated heterocycles. The fraction of sp³-hybridized carbons (Fsp3) is 0.385. The molecule has 17 heavy (non-hydrogen) atoms. The first-order valence-electron chi connectivity index (χ1n) is 5.60. The summed E-state index contributed by atoms with van der Waals surface area (Å²) in [6.07, 6.45) is 1.17. The second kappa shape index (κ2) is 6.66. The van der Waals surface area contributed by atoms with Gasteiger partial charge < -0.3 is 10.6 Å². The number of amides is 1. The summed E-state index contributed by atoms with van der Waals surface area (Å²) < 4.78 is 0. The van der Waals surface area contributed by atoms with Crippen LogP contribution in [0.2, 0.25) is 0 Å². The number of nitrogens with two attached hydrogens (primary N) is 1. The lowest BCUT2D eigenvalue weighted by Crippen LogP contribution is -2.27. The van der Waals surface area contributed by atoms with Crippen molar-refractivity contribution < 1.29 is 4.79 Å². The Morgan fingerprint density at radius 2 is 2.06 bits per heavy atom. The molecule has 0 aliphatic rings. The van der Waals surface area contributed by atoms with Crippen LogP contribution in [0.25, 0.3) is 0 Å². The average Bonchev–Trinajstić information content (AvgIpc) is 2.36. The Labute approximate surface area is 102 Å². The van der Waals surface area contributed by atoms with E-state index in [9.17, 15) is 4.79 Å². The SMILES string of the molecule is CN(CCC#N)C(=O)c1ccc(CCN)cc1. The van der Waals surface area contributed by atoms with Crippen LogP contribution < -0.4 is 5.73 Å². The van der Waals surface area contributed by atoms with Crippen LogP contribution in [-0.4, -0.2) is 30.9 Å². The van der Waals surface area contributed by atoms with Crippen LogP contribution in [0, 0.1) is 11.3 Å². The molecule has 0 heterocycles. The van der Waals surface area contributed by atoms with E-state index < -0.39 is 0 Å². The molecule has 1 aromatic rings. The molecule has 0 bridgehead atoms. The van der Waals surface area contributed by atoms with Gasteiger partial charge in [-0.1, -0.05) is 12.1 Å². The Hall–Kier alpha value is -1.86. The average molecular weight is 231 g/mol. The molecule has 0 aliphatic carbocycles. The van der Waals surface area contributed by atoms with E-state index in [1.165, 1.54) is 0 Å². The number of nitrogens with zero attached hydrogens (tertiary/aromatic N) is 2. The van der Waals surface area contributed by atoms with E-state index in [1.807, 2.05) is 18.2 Å². The molecule has 90 valence electrons. The molecule has 1 rings (SSSR count). The first-order valence-corrected chi connectivity index (χ1v) is 5.60. The molecule has 4 heteroatoms. The highest BCUT2D eigenvalue weighted by Gasteiger charge is 2.10. The number of hydrogen-bond acceptors (Lipinski definition) is 3. The van der Waals surface area contributed by atoms with Crippen LogP contribution in [0.1, 0.15) is 22.3 Å². The third kappa shape index (κ3) is 3.89. The normalized spacial score (nSPS) is 9.71. The molecule has 1 aromatic carbocycles. The monoisotopic (exact) mass is 231 g/mol. The van der Waals surface area contributed by atoms with E-state index in [0.29, 0.717) is 25.1 Å². The van der Waals surface area contributed by atoms with Crippen LogP contribution in [0.3, 0.4) is 0 Å². The molecule has 0 radical (unpaired) electrons. The highest BCUT2D eigenvalue weighted by atomic mass is 16.2. The minimum Gasteiger partial charge on any atom is -0.341 e. The number of rotatable bonds is 5. The van der Waals surface area contributed by atoms with Gasteiger partial charge in [-0.3, -0.25) is 4.79 Å². The van der Waals surface area contributed by atoms with E-state index in [-0.39, 0.29) is 5.91 Å². The Balaban J connectivity index is 2.66. The molecular weight excluding hydrogens is 214 g/mol. The molecule has 2 N–H and O–H groups in total. The maximum Gasteiger partial charge on any atom is 0.253 e. The molecule has 0 aliphatic heterocycles. The third-order valence-electron chi connectivity index (χ3n) is 2.54. The minimum absolute atomic E-state index is 0.0560. The summed E-state index contributed by atoms with van der Waals surface area (Å²) in [5.74, 6) is -0.0560. The number of hydrogen-bond donors (Lipinski definition) is 1. The summed E-state index contributed by atoms with van der Waals surface area (Å²) in [6.45, 7) is 1.06. The predicted molar refractivity (Wildman–Crippen MR) is 66.4 cm³/mol. The number of benzene rings is 1. The quantitative estimate of drug-likeness (QED) is 0.827. The summed E-state index contributed by atoms with van der Waals surface area (Å²) >= 11 is 0. The highest BCUT2D eigenvalue weighted by Crippen LogP contribution is 2.07. The summed E-state index contributed by atoms with van der Waals surface area (Å²) in [5, 5.41) is 8.46. The van der Waals surface area contributed by atoms with Gasteiger partial charge in [-0.2, -0.15) is 5.26 Å². The smallest absolute Gasteiger partial charge is 0.253 e. The number of nitriles is 1. The molecule has 0 fully saturated rings. The first kappa shape index (κ1) is 13.2. The fourth-order valence-corrected chi connectivity index (χ4v) is 1.52. The van der Waals surface area contributed by atoms with Crippen LogP contribution >= 0.6 is 0 Å². The zero-order chi connectivity index (χ0) is 12.7. The molecule has 0 unspecified atom stereocenters. The Morgan fingerprint density at radius 3 is 2.59 bits per heavy atom. The van der Waals surface area contributed by atoms with Gasteiger partial charge in [-0.05, 0) is 30.7 Å². The fourth-order valence-electron chi connectivity index (χ4n) is 1.52. The van der Waals surface area contributed by atoms with Crippen molar-refractivity contribution in [3.8, 4) is 6.07 Å². The van der Waals surface area contributed by atoms with Crippen molar-refractivity contribution in [3.63, 3.8) is 0 Å². The van der Waals surface area contributed by atoms with Crippen LogP contribution in [0.4, 0.5) is 0 Å². The van der Waals surface area contributed by atoms with Gasteiger partial charge in [-0.15, -0.1) is 0 Å². The van der Waals surface area contributed by atoms with E-state index in [4.69, 9.17) is 11.0 Å². The molecule has 0 saturated carbocycles. The van der Waals surface area contributed by atoms with Gasteiger partial charge >= 0.3 is 0 Å². The molecule has 1 amide bonds. The van der Waals surface area contributed by atoms with Crippen LogP contribution in [0.15, 0.2) is 24.3 Å². The minimum atomic E-state index is -0.0560. The zero-order valence-corrected chi connectivity index (χ0v) is 10.0. The number of carbonyl (C=O) groups excluding carboxylic acids is 1. The zero-order valence-electron chi connectivity index (χ0n) is 10.0. The van der Waals surface area contributed by atoms with E-state index in [1.54, 1.807) is 24.1 Å². The van der Waals surface area contributed by atoms with E-state index in [0.717, 1.165) is 12.0 Å². The van der Waals surface area contributed by atoms with Gasteiger partial charge in [0.2, 0.25) is 0 Å². The first-order chi connectivity index (χ1) is 8.19. The standard InChI is InChI=1S/C13H17N3O/c1-16(10-2-8-14)13(17)12-5-3-11(4-6-12)7-9-15/h3-6H,2,7,9-10,15H2,1H3. The highest BCUT2D eigenvalue weighted by molar-refractivity contribution is 5.94. The Bertz CT molecular complexity index is 406. The lowest BCUT2D eigenvalue weighted by molar-refractivity contribution is 0.0798. The maximum atomic E-state index is 11.9. The van der Waals surface area contributed by atoms with Gasteiger partial charge in [0.05, 0.1) is 12.5 Å². The summed E-state index contributed by atoms with van der Waals surface area (Å²) in [5.41, 5.74) is 7.23. The Morgan fingerprint density at radius 1 is 1.41 bits per heavy atom. The Kier molecular flexibility index (Phi) is 5.18.